The maximum Gasteiger partial charge on any atom is 0.329 e. The van der Waals surface area contributed by atoms with E-state index in [9.17, 15) is 23.1 Å². The van der Waals surface area contributed by atoms with Crippen molar-refractivity contribution in [3.05, 3.63) is 0 Å². The summed E-state index contributed by atoms with van der Waals surface area (Å²) in [5.74, 6) is -0.884. The standard InChI is InChI=1S/C18H32N2O5S/c1-3-4-13-26(24,25)20-11-7-15(8-12-20)16(21)19-18(17(22)23)9-5-14(2)6-10-18/h14-15H,3-13H2,1-2H3,(H,19,21)(H,22,23). The van der Waals surface area contributed by atoms with Gasteiger partial charge in [0.25, 0.3) is 0 Å². The quantitative estimate of drug-likeness (QED) is 0.694. The van der Waals surface area contributed by atoms with Crippen LogP contribution in [0.15, 0.2) is 0 Å². The monoisotopic (exact) mass is 388 g/mol. The fourth-order valence-electron chi connectivity index (χ4n) is 3.84. The van der Waals surface area contributed by atoms with Gasteiger partial charge in [0.2, 0.25) is 15.9 Å². The number of unbranched alkanes of at least 4 members (excludes halogenated alkanes) is 1. The third-order valence-corrected chi connectivity index (χ3v) is 7.83. The highest BCUT2D eigenvalue weighted by atomic mass is 32.2. The summed E-state index contributed by atoms with van der Waals surface area (Å²) in [6, 6.07) is 0. The molecule has 0 atom stereocenters. The second-order valence-corrected chi connectivity index (χ2v) is 9.99. The predicted octanol–water partition coefficient (Wildman–Crippen LogP) is 1.98. The number of carboxylic acid groups (broad SMARTS) is 1. The van der Waals surface area contributed by atoms with Crippen molar-refractivity contribution in [3.63, 3.8) is 0 Å². The molecule has 1 amide bonds. The molecule has 26 heavy (non-hydrogen) atoms. The van der Waals surface area contributed by atoms with Gasteiger partial charge in [-0.25, -0.2) is 17.5 Å². The van der Waals surface area contributed by atoms with Gasteiger partial charge in [-0.1, -0.05) is 20.3 Å². The molecule has 8 heteroatoms. The molecule has 0 aromatic heterocycles. The number of carbonyl (C=O) groups excluding carboxylic acids is 1. The van der Waals surface area contributed by atoms with Gasteiger partial charge in [0.15, 0.2) is 0 Å². The minimum absolute atomic E-state index is 0.153. The molecule has 1 saturated heterocycles. The van der Waals surface area contributed by atoms with Crippen molar-refractivity contribution in [1.82, 2.24) is 9.62 Å². The second-order valence-electron chi connectivity index (χ2n) is 7.90. The predicted molar refractivity (Wildman–Crippen MR) is 99.1 cm³/mol. The summed E-state index contributed by atoms with van der Waals surface area (Å²) >= 11 is 0. The molecule has 0 bridgehead atoms. The SMILES string of the molecule is CCCCS(=O)(=O)N1CCC(C(=O)NC2(C(=O)O)CCC(C)CC2)CC1. The molecule has 1 aliphatic heterocycles. The lowest BCUT2D eigenvalue weighted by Crippen LogP contribution is -2.58. The van der Waals surface area contributed by atoms with Crippen molar-refractivity contribution in [2.45, 2.75) is 70.8 Å². The summed E-state index contributed by atoms with van der Waals surface area (Å²) in [6.07, 6.45) is 4.86. The van der Waals surface area contributed by atoms with Crippen molar-refractivity contribution in [2.75, 3.05) is 18.8 Å². The number of nitrogens with one attached hydrogen (secondary N) is 1. The van der Waals surface area contributed by atoms with Crippen LogP contribution >= 0.6 is 0 Å². The third-order valence-electron chi connectivity index (χ3n) is 5.87. The highest BCUT2D eigenvalue weighted by Crippen LogP contribution is 2.33. The molecule has 1 saturated carbocycles. The third kappa shape index (κ3) is 4.97. The van der Waals surface area contributed by atoms with E-state index >= 15 is 0 Å². The van der Waals surface area contributed by atoms with Crippen LogP contribution in [0.5, 0.6) is 0 Å². The van der Waals surface area contributed by atoms with E-state index in [0.717, 1.165) is 19.3 Å². The van der Waals surface area contributed by atoms with Crippen molar-refractivity contribution in [2.24, 2.45) is 11.8 Å². The van der Waals surface area contributed by atoms with Gasteiger partial charge in [-0.3, -0.25) is 4.79 Å². The Balaban J connectivity index is 1.92. The first-order valence-electron chi connectivity index (χ1n) is 9.73. The maximum atomic E-state index is 12.6. The fraction of sp³-hybridized carbons (Fsp3) is 0.889. The molecule has 2 fully saturated rings. The van der Waals surface area contributed by atoms with E-state index in [-0.39, 0.29) is 17.6 Å². The molecule has 2 rings (SSSR count). The Bertz CT molecular complexity index is 603. The first-order valence-corrected chi connectivity index (χ1v) is 11.3. The lowest BCUT2D eigenvalue weighted by Gasteiger charge is -2.38. The van der Waals surface area contributed by atoms with Crippen molar-refractivity contribution < 1.29 is 23.1 Å². The molecule has 1 aliphatic carbocycles. The Morgan fingerprint density at radius 1 is 1.15 bits per heavy atom. The Morgan fingerprint density at radius 3 is 2.23 bits per heavy atom. The minimum Gasteiger partial charge on any atom is -0.480 e. The van der Waals surface area contributed by atoms with Crippen LogP contribution in [0.25, 0.3) is 0 Å². The Labute approximate surface area is 156 Å². The molecule has 1 heterocycles. The Kier molecular flexibility index (Phi) is 7.07. The maximum absolute atomic E-state index is 12.6. The molecule has 2 N–H and O–H groups in total. The van der Waals surface area contributed by atoms with Crippen LogP contribution in [0.3, 0.4) is 0 Å². The fourth-order valence-corrected chi connectivity index (χ4v) is 5.52. The van der Waals surface area contributed by atoms with Crippen LogP contribution in [0.4, 0.5) is 0 Å². The summed E-state index contributed by atoms with van der Waals surface area (Å²) in [5.41, 5.74) is -1.16. The minimum atomic E-state index is -3.25. The van der Waals surface area contributed by atoms with E-state index in [2.05, 4.69) is 12.2 Å². The number of piperidine rings is 1. The number of nitrogens with zero attached hydrogens (tertiary/aromatic N) is 1. The highest BCUT2D eigenvalue weighted by molar-refractivity contribution is 7.89. The number of carbonyl (C=O) groups is 2. The number of hydrogen-bond donors (Lipinski definition) is 2. The Morgan fingerprint density at radius 2 is 1.73 bits per heavy atom. The average Bonchev–Trinajstić information content (AvgIpc) is 2.62. The lowest BCUT2D eigenvalue weighted by atomic mass is 9.76. The lowest BCUT2D eigenvalue weighted by molar-refractivity contribution is -0.150. The van der Waals surface area contributed by atoms with Crippen LogP contribution in [0.2, 0.25) is 0 Å². The highest BCUT2D eigenvalue weighted by Gasteiger charge is 2.44. The van der Waals surface area contributed by atoms with Crippen LogP contribution in [-0.2, 0) is 19.6 Å². The van der Waals surface area contributed by atoms with E-state index in [1.165, 1.54) is 4.31 Å². The Hall–Kier alpha value is -1.15. The van der Waals surface area contributed by atoms with Gasteiger partial charge in [-0.15, -0.1) is 0 Å². The van der Waals surface area contributed by atoms with Gasteiger partial charge in [0.05, 0.1) is 5.75 Å². The molecule has 0 unspecified atom stereocenters. The van der Waals surface area contributed by atoms with E-state index in [1.807, 2.05) is 6.92 Å². The van der Waals surface area contributed by atoms with Crippen molar-refractivity contribution >= 4 is 21.9 Å². The zero-order valence-corrected chi connectivity index (χ0v) is 16.7. The summed E-state index contributed by atoms with van der Waals surface area (Å²) in [4.78, 5) is 24.4. The molecule has 150 valence electrons. The van der Waals surface area contributed by atoms with Gasteiger partial charge >= 0.3 is 5.97 Å². The van der Waals surface area contributed by atoms with Gasteiger partial charge < -0.3 is 10.4 Å². The van der Waals surface area contributed by atoms with E-state index in [0.29, 0.717) is 51.1 Å². The molecule has 0 aromatic carbocycles. The van der Waals surface area contributed by atoms with E-state index in [1.54, 1.807) is 0 Å². The normalized spacial score (nSPS) is 28.6. The summed E-state index contributed by atoms with van der Waals surface area (Å²) in [7, 11) is -3.25. The molecular weight excluding hydrogens is 356 g/mol. The number of carboxylic acids is 1. The van der Waals surface area contributed by atoms with Gasteiger partial charge in [0, 0.05) is 19.0 Å². The number of hydrogen-bond acceptors (Lipinski definition) is 4. The van der Waals surface area contributed by atoms with Crippen molar-refractivity contribution in [1.29, 1.82) is 0 Å². The largest absolute Gasteiger partial charge is 0.480 e. The zero-order valence-electron chi connectivity index (χ0n) is 15.9. The number of aliphatic carboxylic acids is 1. The molecule has 7 nitrogen and oxygen atoms in total. The van der Waals surface area contributed by atoms with E-state index in [4.69, 9.17) is 0 Å². The smallest absolute Gasteiger partial charge is 0.329 e. The average molecular weight is 389 g/mol. The van der Waals surface area contributed by atoms with Gasteiger partial charge in [0.1, 0.15) is 5.54 Å². The van der Waals surface area contributed by atoms with Crippen molar-refractivity contribution in [3.8, 4) is 0 Å². The van der Waals surface area contributed by atoms with E-state index < -0.39 is 21.5 Å². The number of rotatable bonds is 7. The first-order chi connectivity index (χ1) is 12.2. The van der Waals surface area contributed by atoms with Crippen LogP contribution < -0.4 is 5.32 Å². The number of sulfonamides is 1. The number of amides is 1. The second kappa shape index (κ2) is 8.69. The molecule has 0 aromatic rings. The summed E-state index contributed by atoms with van der Waals surface area (Å²) < 4.78 is 26.0. The van der Waals surface area contributed by atoms with Crippen LogP contribution in [0, 0.1) is 11.8 Å². The first kappa shape index (κ1) is 21.2. The summed E-state index contributed by atoms with van der Waals surface area (Å²) in [6.45, 7) is 4.72. The zero-order chi connectivity index (χ0) is 19.4. The van der Waals surface area contributed by atoms with Gasteiger partial charge in [-0.2, -0.15) is 0 Å². The summed E-state index contributed by atoms with van der Waals surface area (Å²) in [5, 5.41) is 12.5. The molecular formula is C18H32N2O5S. The molecule has 2 aliphatic rings. The molecule has 0 radical (unpaired) electrons. The topological polar surface area (TPSA) is 104 Å². The molecule has 0 spiro atoms. The van der Waals surface area contributed by atoms with Gasteiger partial charge in [-0.05, 0) is 50.9 Å². The van der Waals surface area contributed by atoms with Crippen LogP contribution in [-0.4, -0.2) is 54.1 Å². The van der Waals surface area contributed by atoms with Crippen LogP contribution in [0.1, 0.15) is 65.2 Å².